The second-order valence-corrected chi connectivity index (χ2v) is 17.4. The van der Waals surface area contributed by atoms with E-state index in [4.69, 9.17) is 33.2 Å². The first-order valence-corrected chi connectivity index (χ1v) is 21.0. The third kappa shape index (κ3) is 8.95. The highest BCUT2D eigenvalue weighted by molar-refractivity contribution is 5.99. The molecule has 54 heavy (non-hydrogen) atoms. The highest BCUT2D eigenvalue weighted by Crippen LogP contribution is 2.54. The summed E-state index contributed by atoms with van der Waals surface area (Å²) in [5.74, 6) is 0.678. The highest BCUT2D eigenvalue weighted by atomic mass is 16.7. The maximum atomic E-state index is 14.8. The third-order valence-corrected chi connectivity index (χ3v) is 13.8. The second-order valence-electron chi connectivity index (χ2n) is 17.4. The average Bonchev–Trinajstić information content (AvgIpc) is 3.72. The molecule has 2 saturated carbocycles. The number of fused-ring (bicyclic) bond motifs is 5. The van der Waals surface area contributed by atoms with Crippen molar-refractivity contribution in [1.82, 2.24) is 4.90 Å². The van der Waals surface area contributed by atoms with E-state index in [0.717, 1.165) is 63.4 Å². The molecule has 0 aromatic rings. The molecule has 0 bridgehead atoms. The molecule has 0 N–H and O–H groups in total. The molecule has 17 atom stereocenters. The second kappa shape index (κ2) is 18.6. The molecule has 304 valence electrons. The van der Waals surface area contributed by atoms with E-state index in [0.29, 0.717) is 17.9 Å². The van der Waals surface area contributed by atoms with Crippen LogP contribution in [0.4, 0.5) is 0 Å². The Bertz CT molecular complexity index is 1360. The van der Waals surface area contributed by atoms with Crippen molar-refractivity contribution < 1.29 is 42.7 Å². The van der Waals surface area contributed by atoms with Crippen molar-refractivity contribution >= 4 is 11.8 Å². The molecule has 0 amide bonds. The molecule has 2 heterocycles. The van der Waals surface area contributed by atoms with Crippen LogP contribution in [0.5, 0.6) is 0 Å². The van der Waals surface area contributed by atoms with Gasteiger partial charge in [-0.3, -0.25) is 9.59 Å². The van der Waals surface area contributed by atoms with Crippen molar-refractivity contribution in [3.63, 3.8) is 0 Å². The largest absolute Gasteiger partial charge is 0.458 e. The van der Waals surface area contributed by atoms with Crippen LogP contribution in [-0.4, -0.2) is 113 Å². The summed E-state index contributed by atoms with van der Waals surface area (Å²) in [7, 11) is 9.33. The molecule has 4 aliphatic carbocycles. The van der Waals surface area contributed by atoms with Crippen LogP contribution < -0.4 is 0 Å². The van der Waals surface area contributed by atoms with Crippen molar-refractivity contribution in [3.05, 3.63) is 36.0 Å². The number of ketones is 1. The monoisotopic (exact) mass is 755 g/mol. The number of carbonyl (C=O) groups is 2. The van der Waals surface area contributed by atoms with Crippen molar-refractivity contribution in [1.29, 1.82) is 0 Å². The number of ether oxygens (including phenoxy) is 7. The number of cyclic esters (lactones) is 1. The summed E-state index contributed by atoms with van der Waals surface area (Å²) in [5.41, 5.74) is 0.793. The fraction of sp³-hybridized carbons (Fsp3) is 0.818. The third-order valence-electron chi connectivity index (χ3n) is 13.8. The van der Waals surface area contributed by atoms with Gasteiger partial charge in [-0.1, -0.05) is 45.1 Å². The van der Waals surface area contributed by atoms with Crippen LogP contribution >= 0.6 is 0 Å². The summed E-state index contributed by atoms with van der Waals surface area (Å²) < 4.78 is 43.6. The minimum absolute atomic E-state index is 0.0479. The number of carbonyl (C=O) groups excluding carboxylic acids is 2. The fourth-order valence-corrected chi connectivity index (χ4v) is 11.0. The molecule has 10 nitrogen and oxygen atoms in total. The lowest BCUT2D eigenvalue weighted by atomic mass is 9.70. The molecular weight excluding hydrogens is 686 g/mol. The summed E-state index contributed by atoms with van der Waals surface area (Å²) in [6.07, 6.45) is 17.0. The van der Waals surface area contributed by atoms with Gasteiger partial charge >= 0.3 is 5.97 Å². The number of Topliss-reactive ketones (excluding diaryl/α,β-unsaturated/α-hetero) is 1. The summed E-state index contributed by atoms with van der Waals surface area (Å²) in [6.45, 7) is 8.47. The molecule has 6 aliphatic rings. The van der Waals surface area contributed by atoms with E-state index < -0.39 is 12.4 Å². The van der Waals surface area contributed by atoms with Gasteiger partial charge in [-0.2, -0.15) is 0 Å². The van der Waals surface area contributed by atoms with Gasteiger partial charge in [-0.05, 0) is 120 Å². The topological polar surface area (TPSA) is 102 Å². The maximum Gasteiger partial charge on any atom is 0.307 e. The number of hydrogen-bond donors (Lipinski definition) is 0. The first-order valence-electron chi connectivity index (χ1n) is 21.0. The van der Waals surface area contributed by atoms with E-state index in [-0.39, 0.29) is 90.5 Å². The maximum absolute atomic E-state index is 14.8. The first kappa shape index (κ1) is 41.7. The van der Waals surface area contributed by atoms with Crippen LogP contribution in [0, 0.1) is 41.4 Å². The molecule has 0 aromatic carbocycles. The van der Waals surface area contributed by atoms with Crippen LogP contribution in [0.1, 0.15) is 91.9 Å². The Morgan fingerprint density at radius 2 is 1.61 bits per heavy atom. The molecule has 9 unspecified atom stereocenters. The number of hydrogen-bond acceptors (Lipinski definition) is 10. The molecule has 2 aliphatic heterocycles. The molecule has 0 aromatic heterocycles. The van der Waals surface area contributed by atoms with Crippen LogP contribution in [0.3, 0.4) is 0 Å². The van der Waals surface area contributed by atoms with Gasteiger partial charge in [0.05, 0.1) is 30.8 Å². The Kier molecular flexibility index (Phi) is 14.3. The minimum atomic E-state index is -0.590. The molecular formula is C44H69NO9. The van der Waals surface area contributed by atoms with E-state index in [1.807, 2.05) is 13.0 Å². The van der Waals surface area contributed by atoms with Gasteiger partial charge in [-0.15, -0.1) is 0 Å². The Morgan fingerprint density at radius 3 is 2.30 bits per heavy atom. The van der Waals surface area contributed by atoms with E-state index in [1.54, 1.807) is 21.3 Å². The van der Waals surface area contributed by atoms with Gasteiger partial charge in [0, 0.05) is 39.2 Å². The lowest BCUT2D eigenvalue weighted by Crippen LogP contribution is -2.59. The van der Waals surface area contributed by atoms with Gasteiger partial charge in [0.25, 0.3) is 0 Å². The Morgan fingerprint density at radius 1 is 0.852 bits per heavy atom. The minimum Gasteiger partial charge on any atom is -0.458 e. The fourth-order valence-electron chi connectivity index (χ4n) is 11.0. The van der Waals surface area contributed by atoms with Crippen molar-refractivity contribution in [2.75, 3.05) is 35.4 Å². The molecule has 2 saturated heterocycles. The highest BCUT2D eigenvalue weighted by Gasteiger charge is 2.52. The Balaban J connectivity index is 1.22. The number of esters is 1. The van der Waals surface area contributed by atoms with Gasteiger partial charge in [0.2, 0.25) is 0 Å². The number of nitrogens with zero attached hydrogens (tertiary/aromatic N) is 1. The Hall–Kier alpha value is -1.92. The van der Waals surface area contributed by atoms with Crippen LogP contribution in [-0.2, 0) is 42.7 Å². The zero-order chi connectivity index (χ0) is 38.7. The number of allylic oxidation sites excluding steroid dienone is 5. The summed E-state index contributed by atoms with van der Waals surface area (Å²) in [6, 6.07) is 0.552. The van der Waals surface area contributed by atoms with Crippen molar-refractivity contribution in [3.8, 4) is 0 Å². The van der Waals surface area contributed by atoms with E-state index in [1.165, 1.54) is 0 Å². The molecule has 0 radical (unpaired) electrons. The molecule has 0 spiro atoms. The molecule has 4 fully saturated rings. The van der Waals surface area contributed by atoms with E-state index in [2.05, 4.69) is 64.1 Å². The van der Waals surface area contributed by atoms with E-state index in [9.17, 15) is 9.59 Å². The zero-order valence-electron chi connectivity index (χ0n) is 34.4. The predicted molar refractivity (Wildman–Crippen MR) is 207 cm³/mol. The van der Waals surface area contributed by atoms with Crippen molar-refractivity contribution in [2.45, 2.75) is 153 Å². The lowest BCUT2D eigenvalue weighted by molar-refractivity contribution is -0.314. The average molecular weight is 756 g/mol. The van der Waals surface area contributed by atoms with Gasteiger partial charge in [-0.25, -0.2) is 0 Å². The van der Waals surface area contributed by atoms with Gasteiger partial charge in [0.15, 0.2) is 12.1 Å². The summed E-state index contributed by atoms with van der Waals surface area (Å²) in [5, 5.41) is 0. The molecule has 10 heteroatoms. The Labute approximate surface area is 324 Å². The van der Waals surface area contributed by atoms with Crippen molar-refractivity contribution in [2.24, 2.45) is 41.4 Å². The summed E-state index contributed by atoms with van der Waals surface area (Å²) in [4.78, 5) is 30.8. The molecule has 6 rings (SSSR count). The van der Waals surface area contributed by atoms with Crippen LogP contribution in [0.25, 0.3) is 0 Å². The zero-order valence-corrected chi connectivity index (χ0v) is 34.4. The first-order chi connectivity index (χ1) is 26.0. The SMILES string of the molecule is CCC=C[C@H]1CCC[C@H](OC2CCC(N(C)C)C(C)C2)[C@@H](C)C(=O)C2=C[C@H]3[C@@H]4C[C@H](OC5OC(C)C(OC)C(OC)C5OC)C[C@H]4C=C[C@H]3C2CC(=O)O1. The summed E-state index contributed by atoms with van der Waals surface area (Å²) >= 11 is 0. The lowest BCUT2D eigenvalue weighted by Gasteiger charge is -2.44. The van der Waals surface area contributed by atoms with E-state index >= 15 is 0 Å². The van der Waals surface area contributed by atoms with Gasteiger partial charge < -0.3 is 38.1 Å². The quantitative estimate of drug-likeness (QED) is 0.177. The standard InChI is InChI=1S/C44H69NO9/c1-10-11-13-29-14-12-15-38(52-30-17-19-37(45(5)6)25(2)20-30)26(3)40(47)36-23-34-32(35(36)24-39(46)53-29)18-16-28-21-31(22-33(28)34)54-44-43(50-9)42(49-8)41(48-7)27(4)51-44/h11,13,16,18,23,25-35,37-38,41-44H,10,12,14-15,17,19-22,24H2,1-9H3/t25?,26-,27?,28-,29+,30?,31-,32-,33-,34-,35?,37?,38+,41?,42?,43?,44?/m1/s1. The van der Waals surface area contributed by atoms with Gasteiger partial charge in [0.1, 0.15) is 24.4 Å². The van der Waals surface area contributed by atoms with Crippen LogP contribution in [0.15, 0.2) is 36.0 Å². The predicted octanol–water partition coefficient (Wildman–Crippen LogP) is 6.71. The van der Waals surface area contributed by atoms with Crippen LogP contribution in [0.2, 0.25) is 0 Å². The smallest absolute Gasteiger partial charge is 0.307 e. The normalized spacial score (nSPS) is 44.6. The number of rotatable bonds is 10. The number of methoxy groups -OCH3 is 3.